The Morgan fingerprint density at radius 3 is 2.96 bits per heavy atom. The van der Waals surface area contributed by atoms with Crippen molar-refractivity contribution in [2.75, 3.05) is 32.7 Å². The highest BCUT2D eigenvalue weighted by Crippen LogP contribution is 2.27. The molecule has 6 heteroatoms. The van der Waals surface area contributed by atoms with Crippen LogP contribution in [-0.4, -0.2) is 59.8 Å². The number of nitrogens with one attached hydrogen (secondary N) is 1. The first-order valence-electron chi connectivity index (χ1n) is 10.2. The van der Waals surface area contributed by atoms with Crippen molar-refractivity contribution >= 4 is 17.4 Å². The Bertz CT molecular complexity index is 779. The summed E-state index contributed by atoms with van der Waals surface area (Å²) in [7, 11) is 0. The molecule has 1 aromatic carbocycles. The van der Waals surface area contributed by atoms with E-state index in [1.807, 2.05) is 22.3 Å². The van der Waals surface area contributed by atoms with Crippen molar-refractivity contribution in [2.45, 2.75) is 37.8 Å². The molecule has 2 atom stereocenters. The molecule has 2 aliphatic heterocycles. The predicted molar refractivity (Wildman–Crippen MR) is 113 cm³/mol. The highest BCUT2D eigenvalue weighted by molar-refractivity contribution is 7.10. The fourth-order valence-corrected chi connectivity index (χ4v) is 5.19. The van der Waals surface area contributed by atoms with Crippen LogP contribution >= 0.6 is 11.3 Å². The van der Waals surface area contributed by atoms with Crippen LogP contribution in [0.4, 0.5) is 4.79 Å². The van der Waals surface area contributed by atoms with Crippen LogP contribution in [0.15, 0.2) is 41.8 Å². The Morgan fingerprint density at radius 2 is 2.11 bits per heavy atom. The molecular weight excluding hydrogens is 370 g/mol. The van der Waals surface area contributed by atoms with Crippen molar-refractivity contribution in [1.29, 1.82) is 0 Å². The standard InChI is InChI=1S/C22H29N3O2S/c26-20(16-24-11-8-21-19(14-24)9-12-28-21)13-23-22(27)25-10-4-7-18(15-25)17-5-2-1-3-6-17/h1-3,5-6,9,12,18,20,26H,4,7-8,10-11,13-16H2,(H,23,27). The van der Waals surface area contributed by atoms with Gasteiger partial charge in [-0.1, -0.05) is 30.3 Å². The number of aliphatic hydroxyl groups is 1. The van der Waals surface area contributed by atoms with Crippen molar-refractivity contribution in [1.82, 2.24) is 15.1 Å². The van der Waals surface area contributed by atoms with Gasteiger partial charge in [-0.2, -0.15) is 0 Å². The molecule has 2 amide bonds. The summed E-state index contributed by atoms with van der Waals surface area (Å²) in [6, 6.07) is 12.6. The molecule has 3 heterocycles. The lowest BCUT2D eigenvalue weighted by atomic mass is 9.91. The molecule has 0 saturated carbocycles. The maximum Gasteiger partial charge on any atom is 0.317 e. The number of carbonyl (C=O) groups is 1. The SMILES string of the molecule is O=C(NCC(O)CN1CCc2sccc2C1)N1CCCC(c2ccccc2)C1. The Kier molecular flexibility index (Phi) is 6.29. The van der Waals surface area contributed by atoms with Gasteiger partial charge in [-0.15, -0.1) is 11.3 Å². The molecular formula is C22H29N3O2S. The van der Waals surface area contributed by atoms with E-state index in [2.05, 4.69) is 45.9 Å². The average Bonchev–Trinajstić information content (AvgIpc) is 3.20. The largest absolute Gasteiger partial charge is 0.390 e. The molecule has 28 heavy (non-hydrogen) atoms. The van der Waals surface area contributed by atoms with E-state index in [-0.39, 0.29) is 6.03 Å². The molecule has 5 nitrogen and oxygen atoms in total. The third kappa shape index (κ3) is 4.74. The summed E-state index contributed by atoms with van der Waals surface area (Å²) in [5.41, 5.74) is 2.69. The van der Waals surface area contributed by atoms with E-state index in [9.17, 15) is 9.90 Å². The number of fused-ring (bicyclic) bond motifs is 1. The first kappa shape index (κ1) is 19.4. The zero-order valence-corrected chi connectivity index (χ0v) is 17.0. The van der Waals surface area contributed by atoms with E-state index < -0.39 is 6.10 Å². The summed E-state index contributed by atoms with van der Waals surface area (Å²) in [4.78, 5) is 18.2. The van der Waals surface area contributed by atoms with Crippen LogP contribution in [0.3, 0.4) is 0 Å². The molecule has 0 aliphatic carbocycles. The van der Waals surface area contributed by atoms with Gasteiger partial charge in [0.05, 0.1) is 6.10 Å². The van der Waals surface area contributed by atoms with Crippen molar-refractivity contribution in [2.24, 2.45) is 0 Å². The topological polar surface area (TPSA) is 55.8 Å². The molecule has 1 saturated heterocycles. The second-order valence-electron chi connectivity index (χ2n) is 7.89. The second kappa shape index (κ2) is 9.07. The number of piperidine rings is 1. The zero-order valence-electron chi connectivity index (χ0n) is 16.2. The molecule has 1 aromatic heterocycles. The Labute approximate surface area is 171 Å². The fraction of sp³-hybridized carbons (Fsp3) is 0.500. The van der Waals surface area contributed by atoms with E-state index in [0.717, 1.165) is 45.4 Å². The quantitative estimate of drug-likeness (QED) is 0.813. The number of amides is 2. The minimum atomic E-state index is -0.543. The number of likely N-dealkylation sites (tertiary alicyclic amines) is 1. The number of hydrogen-bond acceptors (Lipinski definition) is 4. The summed E-state index contributed by atoms with van der Waals surface area (Å²) in [6.07, 6.45) is 2.65. The van der Waals surface area contributed by atoms with Crippen LogP contribution in [0.5, 0.6) is 0 Å². The monoisotopic (exact) mass is 399 g/mol. The number of hydrogen-bond donors (Lipinski definition) is 2. The van der Waals surface area contributed by atoms with Gasteiger partial charge in [0, 0.05) is 50.1 Å². The van der Waals surface area contributed by atoms with E-state index >= 15 is 0 Å². The lowest BCUT2D eigenvalue weighted by molar-refractivity contribution is 0.103. The Hall–Kier alpha value is -1.89. The third-order valence-electron chi connectivity index (χ3n) is 5.82. The van der Waals surface area contributed by atoms with Crippen molar-refractivity contribution in [3.05, 3.63) is 57.8 Å². The minimum absolute atomic E-state index is 0.0570. The second-order valence-corrected chi connectivity index (χ2v) is 8.89. The Balaban J connectivity index is 1.22. The molecule has 4 rings (SSSR count). The van der Waals surface area contributed by atoms with Crippen LogP contribution in [0.2, 0.25) is 0 Å². The fourth-order valence-electron chi connectivity index (χ4n) is 4.30. The van der Waals surface area contributed by atoms with Crippen LogP contribution in [0, 0.1) is 0 Å². The zero-order chi connectivity index (χ0) is 19.3. The summed E-state index contributed by atoms with van der Waals surface area (Å²) in [6.45, 7) is 4.32. The van der Waals surface area contributed by atoms with Crippen molar-refractivity contribution in [3.63, 3.8) is 0 Å². The van der Waals surface area contributed by atoms with Crippen LogP contribution in [0.1, 0.15) is 34.8 Å². The smallest absolute Gasteiger partial charge is 0.317 e. The lowest BCUT2D eigenvalue weighted by Gasteiger charge is -2.33. The number of aliphatic hydroxyl groups excluding tert-OH is 1. The van der Waals surface area contributed by atoms with E-state index in [0.29, 0.717) is 19.0 Å². The van der Waals surface area contributed by atoms with Crippen LogP contribution in [0.25, 0.3) is 0 Å². The summed E-state index contributed by atoms with van der Waals surface area (Å²) < 4.78 is 0. The number of benzene rings is 1. The highest BCUT2D eigenvalue weighted by Gasteiger charge is 2.25. The summed E-state index contributed by atoms with van der Waals surface area (Å²) in [5, 5.41) is 15.5. The van der Waals surface area contributed by atoms with Crippen molar-refractivity contribution < 1.29 is 9.90 Å². The molecule has 0 spiro atoms. The molecule has 2 unspecified atom stereocenters. The average molecular weight is 400 g/mol. The first-order chi connectivity index (χ1) is 13.7. The van der Waals surface area contributed by atoms with Crippen LogP contribution < -0.4 is 5.32 Å². The highest BCUT2D eigenvalue weighted by atomic mass is 32.1. The first-order valence-corrected chi connectivity index (χ1v) is 11.1. The molecule has 0 bridgehead atoms. The maximum atomic E-state index is 12.6. The van der Waals surface area contributed by atoms with Gasteiger partial charge in [0.25, 0.3) is 0 Å². The van der Waals surface area contributed by atoms with Gasteiger partial charge >= 0.3 is 6.03 Å². The number of nitrogens with zero attached hydrogens (tertiary/aromatic N) is 2. The van der Waals surface area contributed by atoms with E-state index in [1.165, 1.54) is 16.0 Å². The van der Waals surface area contributed by atoms with Gasteiger partial charge in [-0.25, -0.2) is 4.79 Å². The number of urea groups is 1. The molecule has 2 aliphatic rings. The number of thiophene rings is 1. The lowest BCUT2D eigenvalue weighted by Crippen LogP contribution is -2.48. The third-order valence-corrected chi connectivity index (χ3v) is 6.85. The maximum absolute atomic E-state index is 12.6. The minimum Gasteiger partial charge on any atom is -0.390 e. The molecule has 150 valence electrons. The molecule has 0 radical (unpaired) electrons. The van der Waals surface area contributed by atoms with E-state index in [1.54, 1.807) is 0 Å². The molecule has 2 N–H and O–H groups in total. The predicted octanol–water partition coefficient (Wildman–Crippen LogP) is 3.06. The molecule has 2 aromatic rings. The summed E-state index contributed by atoms with van der Waals surface area (Å²) >= 11 is 1.82. The number of β-amino-alcohol motifs (C(OH)–C–C–N with tert-alkyl or cyclic N) is 1. The Morgan fingerprint density at radius 1 is 1.25 bits per heavy atom. The van der Waals surface area contributed by atoms with Gasteiger partial charge in [0.15, 0.2) is 0 Å². The summed E-state index contributed by atoms with van der Waals surface area (Å²) in [5.74, 6) is 0.402. The molecule has 1 fully saturated rings. The van der Waals surface area contributed by atoms with Gasteiger partial charge < -0.3 is 15.3 Å². The number of rotatable bonds is 5. The van der Waals surface area contributed by atoms with Gasteiger partial charge in [0.2, 0.25) is 0 Å². The number of carbonyl (C=O) groups excluding carboxylic acids is 1. The normalized spacial score (nSPS) is 21.2. The van der Waals surface area contributed by atoms with Gasteiger partial charge in [-0.3, -0.25) is 4.90 Å². The van der Waals surface area contributed by atoms with Gasteiger partial charge in [-0.05, 0) is 41.8 Å². The van der Waals surface area contributed by atoms with Gasteiger partial charge in [0.1, 0.15) is 0 Å². The van der Waals surface area contributed by atoms with Crippen LogP contribution in [-0.2, 0) is 13.0 Å². The van der Waals surface area contributed by atoms with Crippen molar-refractivity contribution in [3.8, 4) is 0 Å². The van der Waals surface area contributed by atoms with E-state index in [4.69, 9.17) is 0 Å².